The third-order valence-corrected chi connectivity index (χ3v) is 4.25. The van der Waals surface area contributed by atoms with E-state index in [1.807, 2.05) is 20.2 Å². The molecular weight excluding hydrogens is 334 g/mol. The Labute approximate surface area is 154 Å². The van der Waals surface area contributed by atoms with Crippen LogP contribution >= 0.6 is 0 Å². The summed E-state index contributed by atoms with van der Waals surface area (Å²) in [6.45, 7) is 5.07. The summed E-state index contributed by atoms with van der Waals surface area (Å²) in [5, 5.41) is 6.23. The van der Waals surface area contributed by atoms with Crippen molar-refractivity contribution in [3.8, 4) is 0 Å². The second-order valence-corrected chi connectivity index (χ2v) is 6.60. The van der Waals surface area contributed by atoms with Crippen molar-refractivity contribution >= 4 is 17.8 Å². The fraction of sp³-hybridized carbons (Fsp3) is 0.611. The molecule has 0 aliphatic carbocycles. The first kappa shape index (κ1) is 20.0. The number of ether oxygens (including phenoxy) is 1. The molecule has 2 amide bonds. The number of hydrogen-bond donors (Lipinski definition) is 2. The number of hydrogen-bond acceptors (Lipinski definition) is 6. The number of carbonyl (C=O) groups is 2. The van der Waals surface area contributed by atoms with Gasteiger partial charge < -0.3 is 25.2 Å². The smallest absolute Gasteiger partial charge is 0.409 e. The maximum atomic E-state index is 12.4. The van der Waals surface area contributed by atoms with Gasteiger partial charge in [0.25, 0.3) is 5.91 Å². The van der Waals surface area contributed by atoms with Crippen molar-refractivity contribution in [1.82, 2.24) is 20.1 Å². The number of rotatable bonds is 7. The monoisotopic (exact) mass is 363 g/mol. The molecule has 1 aromatic heterocycles. The zero-order chi connectivity index (χ0) is 18.9. The van der Waals surface area contributed by atoms with Crippen LogP contribution in [0.15, 0.2) is 18.3 Å². The predicted octanol–water partition coefficient (Wildman–Crippen LogP) is 1.41. The number of carbonyl (C=O) groups excluding carboxylic acids is 2. The van der Waals surface area contributed by atoms with Gasteiger partial charge in [0.15, 0.2) is 0 Å². The van der Waals surface area contributed by atoms with Crippen molar-refractivity contribution in [2.24, 2.45) is 0 Å². The lowest BCUT2D eigenvalue weighted by Gasteiger charge is -2.31. The molecule has 2 rings (SSSR count). The van der Waals surface area contributed by atoms with Gasteiger partial charge in [-0.1, -0.05) is 0 Å². The molecule has 0 aromatic carbocycles. The van der Waals surface area contributed by atoms with E-state index in [2.05, 4.69) is 20.5 Å². The van der Waals surface area contributed by atoms with Gasteiger partial charge in [0, 0.05) is 38.4 Å². The van der Waals surface area contributed by atoms with Crippen LogP contribution in [0.3, 0.4) is 0 Å². The highest BCUT2D eigenvalue weighted by molar-refractivity contribution is 5.94. The van der Waals surface area contributed by atoms with Crippen molar-refractivity contribution in [3.05, 3.63) is 23.9 Å². The number of likely N-dealkylation sites (tertiary alicyclic amines) is 1. The molecule has 0 radical (unpaired) electrons. The minimum absolute atomic E-state index is 0.0612. The van der Waals surface area contributed by atoms with Crippen LogP contribution < -0.4 is 10.6 Å². The minimum atomic E-state index is -0.279. The van der Waals surface area contributed by atoms with E-state index in [0.29, 0.717) is 25.3 Å². The normalized spacial score (nSPS) is 15.0. The largest absolute Gasteiger partial charge is 0.450 e. The van der Waals surface area contributed by atoms with Crippen LogP contribution in [-0.2, 0) is 4.74 Å². The lowest BCUT2D eigenvalue weighted by Crippen LogP contribution is -2.46. The second kappa shape index (κ2) is 9.96. The Morgan fingerprint density at radius 1 is 1.31 bits per heavy atom. The number of anilines is 1. The number of aromatic nitrogens is 1. The average Bonchev–Trinajstić information content (AvgIpc) is 2.63. The predicted molar refractivity (Wildman–Crippen MR) is 100 cm³/mol. The van der Waals surface area contributed by atoms with E-state index >= 15 is 0 Å². The maximum Gasteiger partial charge on any atom is 0.409 e. The Morgan fingerprint density at radius 3 is 2.62 bits per heavy atom. The first-order valence-corrected chi connectivity index (χ1v) is 9.06. The highest BCUT2D eigenvalue weighted by atomic mass is 16.6. The van der Waals surface area contributed by atoms with Crippen LogP contribution in [0.4, 0.5) is 10.6 Å². The Morgan fingerprint density at radius 2 is 2.04 bits per heavy atom. The second-order valence-electron chi connectivity index (χ2n) is 6.60. The van der Waals surface area contributed by atoms with Crippen LogP contribution in [0, 0.1) is 0 Å². The van der Waals surface area contributed by atoms with Crippen molar-refractivity contribution in [1.29, 1.82) is 0 Å². The van der Waals surface area contributed by atoms with Crippen LogP contribution in [0.25, 0.3) is 0 Å². The van der Waals surface area contributed by atoms with Crippen molar-refractivity contribution < 1.29 is 14.3 Å². The Bertz CT molecular complexity index is 583. The van der Waals surface area contributed by atoms with E-state index in [4.69, 9.17) is 4.74 Å². The van der Waals surface area contributed by atoms with Gasteiger partial charge in [-0.25, -0.2) is 9.78 Å². The van der Waals surface area contributed by atoms with Crippen LogP contribution in [0.5, 0.6) is 0 Å². The molecule has 1 aliphatic rings. The zero-order valence-electron chi connectivity index (χ0n) is 15.8. The van der Waals surface area contributed by atoms with E-state index in [1.165, 1.54) is 0 Å². The summed E-state index contributed by atoms with van der Waals surface area (Å²) in [5.74, 6) is 0.623. The van der Waals surface area contributed by atoms with E-state index in [9.17, 15) is 9.59 Å². The van der Waals surface area contributed by atoms with Gasteiger partial charge in [-0.15, -0.1) is 0 Å². The highest BCUT2D eigenvalue weighted by Gasteiger charge is 2.24. The number of likely N-dealkylation sites (N-methyl/N-ethyl adjacent to an activating group) is 1. The topological polar surface area (TPSA) is 86.8 Å². The van der Waals surface area contributed by atoms with E-state index in [1.54, 1.807) is 24.1 Å². The summed E-state index contributed by atoms with van der Waals surface area (Å²) in [7, 11) is 4.03. The zero-order valence-corrected chi connectivity index (χ0v) is 15.8. The summed E-state index contributed by atoms with van der Waals surface area (Å²) in [6, 6.07) is 3.65. The first-order chi connectivity index (χ1) is 12.5. The van der Waals surface area contributed by atoms with Crippen molar-refractivity contribution in [2.45, 2.75) is 25.8 Å². The van der Waals surface area contributed by atoms with Gasteiger partial charge in [0.05, 0.1) is 12.2 Å². The average molecular weight is 363 g/mol. The maximum absolute atomic E-state index is 12.4. The summed E-state index contributed by atoms with van der Waals surface area (Å²) in [4.78, 5) is 32.1. The van der Waals surface area contributed by atoms with Crippen LogP contribution in [0.2, 0.25) is 0 Å². The van der Waals surface area contributed by atoms with Gasteiger partial charge in [0.1, 0.15) is 5.82 Å². The molecule has 26 heavy (non-hydrogen) atoms. The molecule has 1 aliphatic heterocycles. The van der Waals surface area contributed by atoms with Crippen molar-refractivity contribution in [3.63, 3.8) is 0 Å². The molecule has 1 aromatic rings. The molecule has 1 fully saturated rings. The molecular formula is C18H29N5O3. The molecule has 0 atom stereocenters. The molecule has 0 unspecified atom stereocenters. The minimum Gasteiger partial charge on any atom is -0.450 e. The fourth-order valence-corrected chi connectivity index (χ4v) is 2.73. The molecule has 0 bridgehead atoms. The van der Waals surface area contributed by atoms with Gasteiger partial charge in [-0.3, -0.25) is 4.79 Å². The Kier molecular flexibility index (Phi) is 7.65. The molecule has 8 nitrogen and oxygen atoms in total. The van der Waals surface area contributed by atoms with Gasteiger partial charge in [-0.2, -0.15) is 0 Å². The number of piperidine rings is 1. The highest BCUT2D eigenvalue weighted by Crippen LogP contribution is 2.13. The summed E-state index contributed by atoms with van der Waals surface area (Å²) < 4.78 is 5.00. The molecule has 8 heteroatoms. The summed E-state index contributed by atoms with van der Waals surface area (Å²) in [5.41, 5.74) is 0.538. The number of nitrogens with zero attached hydrogens (tertiary/aromatic N) is 3. The van der Waals surface area contributed by atoms with Crippen LogP contribution in [-0.4, -0.2) is 79.7 Å². The molecule has 0 saturated carbocycles. The third-order valence-electron chi connectivity index (χ3n) is 4.25. The van der Waals surface area contributed by atoms with Gasteiger partial charge in [0.2, 0.25) is 0 Å². The SMILES string of the molecule is CCOC(=O)N1CCC(NC(=O)c2ccc(NCCN(C)C)nc2)CC1. The fourth-order valence-electron chi connectivity index (χ4n) is 2.73. The van der Waals surface area contributed by atoms with Crippen LogP contribution in [0.1, 0.15) is 30.1 Å². The lowest BCUT2D eigenvalue weighted by molar-refractivity contribution is 0.0860. The number of pyridine rings is 1. The molecule has 144 valence electrons. The number of amides is 2. The standard InChI is InChI=1S/C18H29N5O3/c1-4-26-18(25)23-10-7-15(8-11-23)21-17(24)14-5-6-16(20-13-14)19-9-12-22(2)3/h5-6,13,15H,4,7-12H2,1-3H3,(H,19,20)(H,21,24). The van der Waals surface area contributed by atoms with E-state index in [0.717, 1.165) is 31.7 Å². The Balaban J connectivity index is 1.77. The molecule has 2 heterocycles. The molecule has 0 spiro atoms. The van der Waals surface area contributed by atoms with Gasteiger partial charge in [-0.05, 0) is 46.0 Å². The summed E-state index contributed by atoms with van der Waals surface area (Å²) >= 11 is 0. The molecule has 2 N–H and O–H groups in total. The first-order valence-electron chi connectivity index (χ1n) is 9.06. The quantitative estimate of drug-likeness (QED) is 0.762. The lowest BCUT2D eigenvalue weighted by atomic mass is 10.0. The Hall–Kier alpha value is -2.35. The third kappa shape index (κ3) is 6.18. The molecule has 1 saturated heterocycles. The van der Waals surface area contributed by atoms with Gasteiger partial charge >= 0.3 is 6.09 Å². The van der Waals surface area contributed by atoms with E-state index in [-0.39, 0.29) is 18.0 Å². The van der Waals surface area contributed by atoms with Crippen molar-refractivity contribution in [2.75, 3.05) is 52.2 Å². The van der Waals surface area contributed by atoms with E-state index < -0.39 is 0 Å². The summed E-state index contributed by atoms with van der Waals surface area (Å²) in [6.07, 6.45) is 2.75. The number of nitrogens with one attached hydrogen (secondary N) is 2.